The van der Waals surface area contributed by atoms with E-state index in [2.05, 4.69) is 43.5 Å². The molecule has 4 heterocycles. The number of aryl methyl sites for hydroxylation is 1. The third-order valence-electron chi connectivity index (χ3n) is 5.49. The highest BCUT2D eigenvalue weighted by Gasteiger charge is 2.18. The minimum absolute atomic E-state index is 0.433. The number of anilines is 3. The maximum Gasteiger partial charge on any atom is 0.226 e. The number of nitrogens with zero attached hydrogens (tertiary/aromatic N) is 6. The van der Waals surface area contributed by atoms with Crippen molar-refractivity contribution in [3.63, 3.8) is 0 Å². The summed E-state index contributed by atoms with van der Waals surface area (Å²) in [6.07, 6.45) is 7.40. The van der Waals surface area contributed by atoms with Gasteiger partial charge in [0.25, 0.3) is 0 Å². The lowest BCUT2D eigenvalue weighted by Gasteiger charge is -2.29. The van der Waals surface area contributed by atoms with Crippen LogP contribution in [0, 0.1) is 0 Å². The monoisotopic (exact) mass is 447 g/mol. The van der Waals surface area contributed by atoms with Crippen molar-refractivity contribution < 1.29 is 4.74 Å². The molecule has 10 nitrogen and oxygen atoms in total. The van der Waals surface area contributed by atoms with Crippen LogP contribution >= 0.6 is 11.8 Å². The summed E-state index contributed by atoms with van der Waals surface area (Å²) in [5.74, 6) is 3.53. The van der Waals surface area contributed by atoms with Gasteiger partial charge in [0.1, 0.15) is 17.3 Å². The van der Waals surface area contributed by atoms with E-state index in [4.69, 9.17) is 14.7 Å². The molecule has 2 aromatic heterocycles. The van der Waals surface area contributed by atoms with Gasteiger partial charge in [-0.3, -0.25) is 4.68 Å². The van der Waals surface area contributed by atoms with Crippen molar-refractivity contribution in [2.24, 2.45) is 0 Å². The molecule has 0 aliphatic carbocycles. The first-order chi connectivity index (χ1) is 15.3. The SMILES string of the molecule is CSCCCn1cc(CNc2nc(NC3CCNCC3)cc(N3CCOCC3)n2)nn1. The molecule has 0 unspecified atom stereocenters. The maximum atomic E-state index is 5.50. The number of nitrogens with one attached hydrogen (secondary N) is 3. The molecule has 0 atom stereocenters. The molecule has 0 amide bonds. The van der Waals surface area contributed by atoms with E-state index < -0.39 is 0 Å². The Morgan fingerprint density at radius 1 is 1.23 bits per heavy atom. The maximum absolute atomic E-state index is 5.50. The summed E-state index contributed by atoms with van der Waals surface area (Å²) < 4.78 is 7.41. The van der Waals surface area contributed by atoms with Crippen LogP contribution in [0.5, 0.6) is 0 Å². The lowest BCUT2D eigenvalue weighted by Crippen LogP contribution is -2.37. The fraction of sp³-hybridized carbons (Fsp3) is 0.700. The van der Waals surface area contributed by atoms with Crippen molar-refractivity contribution in [3.8, 4) is 0 Å². The Hall–Kier alpha value is -2.11. The van der Waals surface area contributed by atoms with E-state index in [1.54, 1.807) is 0 Å². The van der Waals surface area contributed by atoms with Gasteiger partial charge in [0.15, 0.2) is 0 Å². The van der Waals surface area contributed by atoms with Crippen molar-refractivity contribution in [1.82, 2.24) is 30.3 Å². The zero-order valence-corrected chi connectivity index (χ0v) is 19.0. The molecule has 2 aliphatic heterocycles. The van der Waals surface area contributed by atoms with Gasteiger partial charge in [-0.2, -0.15) is 21.7 Å². The van der Waals surface area contributed by atoms with Crippen molar-refractivity contribution in [2.75, 3.05) is 66.9 Å². The molecule has 2 aromatic rings. The van der Waals surface area contributed by atoms with Gasteiger partial charge in [-0.25, -0.2) is 0 Å². The van der Waals surface area contributed by atoms with Crippen LogP contribution in [0.3, 0.4) is 0 Å². The van der Waals surface area contributed by atoms with Crippen molar-refractivity contribution in [2.45, 2.75) is 38.4 Å². The molecule has 0 spiro atoms. The first-order valence-corrected chi connectivity index (χ1v) is 12.5. The summed E-state index contributed by atoms with van der Waals surface area (Å²) in [5, 5.41) is 18.9. The Kier molecular flexibility index (Phi) is 8.19. The van der Waals surface area contributed by atoms with Crippen LogP contribution in [-0.2, 0) is 17.8 Å². The van der Waals surface area contributed by atoms with Crippen molar-refractivity contribution >= 4 is 29.3 Å². The van der Waals surface area contributed by atoms with Gasteiger partial charge in [0.2, 0.25) is 5.95 Å². The molecule has 4 rings (SSSR count). The molecule has 2 aliphatic rings. The molecule has 0 radical (unpaired) electrons. The highest BCUT2D eigenvalue weighted by atomic mass is 32.2. The van der Waals surface area contributed by atoms with Gasteiger partial charge in [0.05, 0.1) is 26.0 Å². The molecule has 31 heavy (non-hydrogen) atoms. The summed E-state index contributed by atoms with van der Waals surface area (Å²) >= 11 is 1.85. The van der Waals surface area contributed by atoms with E-state index in [1.165, 1.54) is 0 Å². The zero-order chi connectivity index (χ0) is 21.3. The second kappa shape index (κ2) is 11.5. The summed E-state index contributed by atoms with van der Waals surface area (Å²) in [6, 6.07) is 2.49. The van der Waals surface area contributed by atoms with E-state index in [-0.39, 0.29) is 0 Å². The lowest BCUT2D eigenvalue weighted by molar-refractivity contribution is 0.122. The van der Waals surface area contributed by atoms with Crippen LogP contribution in [0.4, 0.5) is 17.6 Å². The van der Waals surface area contributed by atoms with Crippen LogP contribution < -0.4 is 20.9 Å². The number of thioether (sulfide) groups is 1. The molecule has 170 valence electrons. The van der Waals surface area contributed by atoms with Crippen LogP contribution in [0.25, 0.3) is 0 Å². The van der Waals surface area contributed by atoms with E-state index in [1.807, 2.05) is 22.6 Å². The van der Waals surface area contributed by atoms with Gasteiger partial charge in [0, 0.05) is 31.7 Å². The van der Waals surface area contributed by atoms with Gasteiger partial charge < -0.3 is 25.6 Å². The van der Waals surface area contributed by atoms with Gasteiger partial charge in [-0.05, 0) is 44.4 Å². The van der Waals surface area contributed by atoms with Crippen LogP contribution in [0.15, 0.2) is 12.3 Å². The third-order valence-corrected chi connectivity index (χ3v) is 6.19. The highest BCUT2D eigenvalue weighted by molar-refractivity contribution is 7.98. The average molecular weight is 448 g/mol. The topological polar surface area (TPSA) is 105 Å². The van der Waals surface area contributed by atoms with Gasteiger partial charge >= 0.3 is 0 Å². The molecule has 2 fully saturated rings. The fourth-order valence-electron chi connectivity index (χ4n) is 3.79. The summed E-state index contributed by atoms with van der Waals surface area (Å²) in [7, 11) is 0. The Morgan fingerprint density at radius 3 is 2.87 bits per heavy atom. The summed E-state index contributed by atoms with van der Waals surface area (Å²) in [4.78, 5) is 11.8. The summed E-state index contributed by atoms with van der Waals surface area (Å²) in [5.41, 5.74) is 0.886. The Labute approximate surface area is 187 Å². The standard InChI is InChI=1S/C20H33N9OS/c1-31-12-2-7-29-15-17(26-27-29)14-22-20-24-18(23-16-3-5-21-6-4-16)13-19(25-20)28-8-10-30-11-9-28/h13,15-16,21H,2-12,14H2,1H3,(H2,22,23,24,25). The van der Waals surface area contributed by atoms with E-state index in [0.717, 1.165) is 88.3 Å². The smallest absolute Gasteiger partial charge is 0.226 e. The largest absolute Gasteiger partial charge is 0.378 e. The average Bonchev–Trinajstić information content (AvgIpc) is 3.27. The minimum Gasteiger partial charge on any atom is -0.378 e. The first-order valence-electron chi connectivity index (χ1n) is 11.1. The normalized spacial score (nSPS) is 17.6. The first kappa shape index (κ1) is 22.1. The predicted octanol–water partition coefficient (Wildman–Crippen LogP) is 1.43. The molecule has 3 N–H and O–H groups in total. The lowest BCUT2D eigenvalue weighted by atomic mass is 10.1. The third kappa shape index (κ3) is 6.68. The predicted molar refractivity (Wildman–Crippen MR) is 125 cm³/mol. The fourth-order valence-corrected chi connectivity index (χ4v) is 4.20. The number of hydrogen-bond acceptors (Lipinski definition) is 10. The molecule has 11 heteroatoms. The van der Waals surface area contributed by atoms with Gasteiger partial charge in [-0.15, -0.1) is 5.10 Å². The van der Waals surface area contributed by atoms with Crippen LogP contribution in [0.2, 0.25) is 0 Å². The number of hydrogen-bond donors (Lipinski definition) is 3. The van der Waals surface area contributed by atoms with Crippen molar-refractivity contribution in [1.29, 1.82) is 0 Å². The molecule has 2 saturated heterocycles. The van der Waals surface area contributed by atoms with Crippen molar-refractivity contribution in [3.05, 3.63) is 18.0 Å². The van der Waals surface area contributed by atoms with E-state index in [0.29, 0.717) is 18.5 Å². The van der Waals surface area contributed by atoms with Gasteiger partial charge in [-0.1, -0.05) is 5.21 Å². The number of piperidine rings is 1. The second-order valence-corrected chi connectivity index (χ2v) is 8.86. The zero-order valence-electron chi connectivity index (χ0n) is 18.2. The quantitative estimate of drug-likeness (QED) is 0.463. The number of morpholine rings is 1. The second-order valence-electron chi connectivity index (χ2n) is 7.88. The Morgan fingerprint density at radius 2 is 2.06 bits per heavy atom. The summed E-state index contributed by atoms with van der Waals surface area (Å²) in [6.45, 7) is 6.64. The molecule has 0 saturated carbocycles. The minimum atomic E-state index is 0.433. The molecule has 0 aromatic carbocycles. The number of rotatable bonds is 10. The van der Waals surface area contributed by atoms with Crippen LogP contribution in [0.1, 0.15) is 25.0 Å². The Balaban J connectivity index is 1.42. The molecular formula is C20H33N9OS. The molecular weight excluding hydrogens is 414 g/mol. The number of ether oxygens (including phenoxy) is 1. The highest BCUT2D eigenvalue weighted by Crippen LogP contribution is 2.21. The van der Waals surface area contributed by atoms with E-state index in [9.17, 15) is 0 Å². The van der Waals surface area contributed by atoms with E-state index >= 15 is 0 Å². The van der Waals surface area contributed by atoms with Crippen LogP contribution in [-0.4, -0.2) is 82.4 Å². The Bertz CT molecular complexity index is 806. The molecule has 0 bridgehead atoms. The number of aromatic nitrogens is 5.